The zero-order chi connectivity index (χ0) is 15.4. The van der Waals surface area contributed by atoms with Gasteiger partial charge in [0.15, 0.2) is 5.82 Å². The molecule has 0 unspecified atom stereocenters. The molecule has 0 atom stereocenters. The highest BCUT2D eigenvalue weighted by molar-refractivity contribution is 6.33. The molecule has 1 aromatic heterocycles. The van der Waals surface area contributed by atoms with Crippen molar-refractivity contribution in [2.45, 2.75) is 0 Å². The van der Waals surface area contributed by atoms with Crippen LogP contribution in [0.2, 0.25) is 10.3 Å². The Morgan fingerprint density at radius 2 is 1.76 bits per heavy atom. The molecule has 0 fully saturated rings. The first-order valence-corrected chi connectivity index (χ1v) is 6.41. The summed E-state index contributed by atoms with van der Waals surface area (Å²) in [7, 11) is 0. The molecule has 0 amide bonds. The van der Waals surface area contributed by atoms with E-state index in [1.54, 1.807) is 30.3 Å². The van der Waals surface area contributed by atoms with Crippen molar-refractivity contribution in [3.8, 4) is 17.5 Å². The van der Waals surface area contributed by atoms with Crippen LogP contribution in [0.1, 0.15) is 5.56 Å². The average molecular weight is 320 g/mol. The van der Waals surface area contributed by atoms with Gasteiger partial charge in [-0.1, -0.05) is 47.5 Å². The molecule has 0 saturated heterocycles. The van der Waals surface area contributed by atoms with Gasteiger partial charge in [-0.3, -0.25) is 0 Å². The van der Waals surface area contributed by atoms with E-state index in [0.29, 0.717) is 17.0 Å². The molecule has 2 aromatic rings. The quantitative estimate of drug-likeness (QED) is 0.532. The lowest BCUT2D eigenvalue weighted by molar-refractivity contribution is -0.132. The van der Waals surface area contributed by atoms with Crippen LogP contribution in [-0.4, -0.2) is 21.0 Å². The zero-order valence-electron chi connectivity index (χ0n) is 10.4. The van der Waals surface area contributed by atoms with E-state index < -0.39 is 5.97 Å². The molecule has 5 nitrogen and oxygen atoms in total. The molecule has 1 heterocycles. The molecule has 0 spiro atoms. The Labute approximate surface area is 130 Å². The number of hydrogen-bond acceptors (Lipinski definition) is 4. The van der Waals surface area contributed by atoms with Gasteiger partial charge in [0, 0.05) is 11.6 Å². The van der Waals surface area contributed by atoms with Crippen LogP contribution in [0, 0.1) is 11.3 Å². The van der Waals surface area contributed by atoms with E-state index in [-0.39, 0.29) is 15.9 Å². The first-order chi connectivity index (χ1) is 9.99. The Morgan fingerprint density at radius 3 is 2.24 bits per heavy atom. The van der Waals surface area contributed by atoms with Crippen molar-refractivity contribution in [2.75, 3.05) is 0 Å². The number of halogens is 2. The molecule has 0 bridgehead atoms. The zero-order valence-corrected chi connectivity index (χ0v) is 11.9. The molecule has 21 heavy (non-hydrogen) atoms. The maximum atomic E-state index is 10.8. The van der Waals surface area contributed by atoms with Crippen molar-refractivity contribution in [1.29, 1.82) is 5.26 Å². The Morgan fingerprint density at radius 1 is 1.19 bits per heavy atom. The van der Waals surface area contributed by atoms with Gasteiger partial charge in [-0.15, -0.1) is 0 Å². The van der Waals surface area contributed by atoms with E-state index in [1.165, 1.54) is 12.1 Å². The number of aliphatic carboxylic acids is 1. The van der Waals surface area contributed by atoms with Crippen LogP contribution in [0.5, 0.6) is 0 Å². The molecule has 104 valence electrons. The van der Waals surface area contributed by atoms with E-state index in [2.05, 4.69) is 9.97 Å². The van der Waals surface area contributed by atoms with E-state index in [0.717, 1.165) is 0 Å². The molecule has 7 heteroatoms. The average Bonchev–Trinajstić information content (AvgIpc) is 2.44. The molecule has 0 aliphatic carbocycles. The molecule has 1 aromatic carbocycles. The number of carbonyl (C=O) groups is 1. The minimum Gasteiger partial charge on any atom is -0.477 e. The fraction of sp³-hybridized carbons (Fsp3) is 0. The predicted octanol–water partition coefficient (Wildman–Crippen LogP) is 3.44. The van der Waals surface area contributed by atoms with E-state index >= 15 is 0 Å². The largest absolute Gasteiger partial charge is 0.477 e. The van der Waals surface area contributed by atoms with Gasteiger partial charge in [-0.05, 0) is 11.6 Å². The van der Waals surface area contributed by atoms with Crippen molar-refractivity contribution >= 4 is 35.2 Å². The maximum Gasteiger partial charge on any atom is 0.346 e. The molecule has 0 radical (unpaired) electrons. The van der Waals surface area contributed by atoms with Crippen LogP contribution in [0.15, 0.2) is 35.9 Å². The summed E-state index contributed by atoms with van der Waals surface area (Å²) in [5, 5.41) is 17.9. The van der Waals surface area contributed by atoms with Crippen LogP contribution in [0.3, 0.4) is 0 Å². The normalized spacial score (nSPS) is 11.0. The Bertz CT molecular complexity index is 745. The second kappa shape index (κ2) is 6.35. The Kier molecular flexibility index (Phi) is 4.53. The number of benzene rings is 1. The lowest BCUT2D eigenvalue weighted by atomic mass is 10.1. The number of carboxylic acid groups (broad SMARTS) is 1. The third kappa shape index (κ3) is 3.78. The minimum atomic E-state index is -1.27. The van der Waals surface area contributed by atoms with Gasteiger partial charge in [-0.25, -0.2) is 14.8 Å². The van der Waals surface area contributed by atoms with Crippen molar-refractivity contribution < 1.29 is 9.90 Å². The molecular formula is C14H7Cl2N3O2. The molecule has 0 aliphatic rings. The molecule has 2 rings (SSSR count). The van der Waals surface area contributed by atoms with Crippen molar-refractivity contribution in [3.05, 3.63) is 51.8 Å². The van der Waals surface area contributed by atoms with Crippen LogP contribution in [0.25, 0.3) is 17.5 Å². The minimum absolute atomic E-state index is 0.228. The first-order valence-electron chi connectivity index (χ1n) is 5.65. The van der Waals surface area contributed by atoms with Gasteiger partial charge in [-0.2, -0.15) is 5.26 Å². The number of hydrogen-bond donors (Lipinski definition) is 1. The lowest BCUT2D eigenvalue weighted by Crippen LogP contribution is -1.97. The van der Waals surface area contributed by atoms with Crippen molar-refractivity contribution in [3.63, 3.8) is 0 Å². The third-order valence-electron chi connectivity index (χ3n) is 2.49. The number of nitriles is 1. The van der Waals surface area contributed by atoms with E-state index in [9.17, 15) is 4.79 Å². The topological polar surface area (TPSA) is 86.9 Å². The summed E-state index contributed by atoms with van der Waals surface area (Å²) in [6.45, 7) is 0. The Balaban J connectivity index is 2.35. The first kappa shape index (κ1) is 15.0. The highest BCUT2D eigenvalue weighted by Gasteiger charge is 2.07. The van der Waals surface area contributed by atoms with Crippen LogP contribution in [0.4, 0.5) is 0 Å². The van der Waals surface area contributed by atoms with E-state index in [4.69, 9.17) is 33.6 Å². The summed E-state index contributed by atoms with van der Waals surface area (Å²) in [4.78, 5) is 18.9. The summed E-state index contributed by atoms with van der Waals surface area (Å²) >= 11 is 11.6. The molecular weight excluding hydrogens is 313 g/mol. The number of nitrogens with zero attached hydrogens (tertiary/aromatic N) is 3. The lowest BCUT2D eigenvalue weighted by Gasteiger charge is -2.02. The number of aromatic nitrogens is 2. The predicted molar refractivity (Wildman–Crippen MR) is 78.7 cm³/mol. The molecule has 0 saturated carbocycles. The van der Waals surface area contributed by atoms with Crippen molar-refractivity contribution in [2.24, 2.45) is 0 Å². The standard InChI is InChI=1S/C14H7Cl2N3O2/c15-11-6-12(16)19-13(18-11)9-3-1-8(2-4-9)5-10(7-17)14(20)21/h1-6H,(H,20,21)/b10-5+. The second-order valence-corrected chi connectivity index (χ2v) is 4.71. The van der Waals surface area contributed by atoms with Crippen LogP contribution in [-0.2, 0) is 4.79 Å². The highest BCUT2D eigenvalue weighted by Crippen LogP contribution is 2.21. The van der Waals surface area contributed by atoms with Crippen molar-refractivity contribution in [1.82, 2.24) is 9.97 Å². The van der Waals surface area contributed by atoms with Gasteiger partial charge < -0.3 is 5.11 Å². The summed E-state index contributed by atoms with van der Waals surface area (Å²) in [6.07, 6.45) is 1.28. The van der Waals surface area contributed by atoms with Crippen LogP contribution >= 0.6 is 23.2 Å². The van der Waals surface area contributed by atoms with Crippen LogP contribution < -0.4 is 0 Å². The van der Waals surface area contributed by atoms with Gasteiger partial charge in [0.25, 0.3) is 0 Å². The number of rotatable bonds is 3. The third-order valence-corrected chi connectivity index (χ3v) is 2.88. The van der Waals surface area contributed by atoms with E-state index in [1.807, 2.05) is 0 Å². The number of carboxylic acids is 1. The summed E-state index contributed by atoms with van der Waals surface area (Å²) < 4.78 is 0. The highest BCUT2D eigenvalue weighted by atomic mass is 35.5. The fourth-order valence-electron chi connectivity index (χ4n) is 1.56. The van der Waals surface area contributed by atoms with Gasteiger partial charge in [0.2, 0.25) is 0 Å². The second-order valence-electron chi connectivity index (χ2n) is 3.93. The van der Waals surface area contributed by atoms with Gasteiger partial charge >= 0.3 is 5.97 Å². The SMILES string of the molecule is N#C/C(=C\c1ccc(-c2nc(Cl)cc(Cl)n2)cc1)C(=O)O. The fourth-order valence-corrected chi connectivity index (χ4v) is 1.98. The molecule has 0 aliphatic heterocycles. The van der Waals surface area contributed by atoms with Gasteiger partial charge in [0.05, 0.1) is 0 Å². The maximum absolute atomic E-state index is 10.8. The summed E-state index contributed by atoms with van der Waals surface area (Å²) in [5.41, 5.74) is 0.904. The summed E-state index contributed by atoms with van der Waals surface area (Å²) in [6, 6.07) is 9.70. The molecule has 1 N–H and O–H groups in total. The van der Waals surface area contributed by atoms with Gasteiger partial charge in [0.1, 0.15) is 21.9 Å². The monoisotopic (exact) mass is 319 g/mol. The Hall–Kier alpha value is -2.42. The summed E-state index contributed by atoms with van der Waals surface area (Å²) in [5.74, 6) is -0.909. The smallest absolute Gasteiger partial charge is 0.346 e.